The summed E-state index contributed by atoms with van der Waals surface area (Å²) in [5, 5.41) is 13.6. The molecule has 2 rings (SSSR count). The first kappa shape index (κ1) is 14.0. The Morgan fingerprint density at radius 1 is 1.45 bits per heavy atom. The van der Waals surface area contributed by atoms with Crippen molar-refractivity contribution in [3.63, 3.8) is 0 Å². The number of benzene rings is 1. The minimum atomic E-state index is -1.01. The van der Waals surface area contributed by atoms with Crippen LogP contribution in [-0.2, 0) is 0 Å². The average molecular weight is 282 g/mol. The topological polar surface area (TPSA) is 68.3 Å². The lowest BCUT2D eigenvalue weighted by atomic mass is 10.1. The van der Waals surface area contributed by atoms with Crippen LogP contribution in [0.2, 0.25) is 0 Å². The largest absolute Gasteiger partial charge is 0.467 e. The SMILES string of the molecule is CCC(Nc1c(F)cc(F)cc1[N+](=O)[O-])c1ccco1. The van der Waals surface area contributed by atoms with Gasteiger partial charge in [-0.2, -0.15) is 0 Å². The molecule has 0 saturated carbocycles. The normalized spacial score (nSPS) is 12.2. The third-order valence-corrected chi connectivity index (χ3v) is 2.84. The molecule has 0 bridgehead atoms. The monoisotopic (exact) mass is 282 g/mol. The van der Waals surface area contributed by atoms with E-state index < -0.39 is 28.3 Å². The summed E-state index contributed by atoms with van der Waals surface area (Å²) in [5.41, 5.74) is -0.993. The van der Waals surface area contributed by atoms with E-state index in [0.717, 1.165) is 0 Å². The molecule has 0 saturated heterocycles. The fourth-order valence-corrected chi connectivity index (χ4v) is 1.89. The van der Waals surface area contributed by atoms with Gasteiger partial charge in [0.25, 0.3) is 5.69 Å². The third-order valence-electron chi connectivity index (χ3n) is 2.84. The quantitative estimate of drug-likeness (QED) is 0.664. The van der Waals surface area contributed by atoms with Crippen LogP contribution in [0.4, 0.5) is 20.2 Å². The van der Waals surface area contributed by atoms with E-state index in [4.69, 9.17) is 4.42 Å². The van der Waals surface area contributed by atoms with Crippen LogP contribution >= 0.6 is 0 Å². The van der Waals surface area contributed by atoms with Crippen molar-refractivity contribution in [2.75, 3.05) is 5.32 Å². The first-order valence-corrected chi connectivity index (χ1v) is 5.96. The Morgan fingerprint density at radius 3 is 2.75 bits per heavy atom. The highest BCUT2D eigenvalue weighted by molar-refractivity contribution is 5.63. The minimum Gasteiger partial charge on any atom is -0.467 e. The molecule has 0 amide bonds. The highest BCUT2D eigenvalue weighted by Gasteiger charge is 2.24. The molecular weight excluding hydrogens is 270 g/mol. The number of hydrogen-bond acceptors (Lipinski definition) is 4. The van der Waals surface area contributed by atoms with Crippen molar-refractivity contribution >= 4 is 11.4 Å². The smallest absolute Gasteiger partial charge is 0.298 e. The van der Waals surface area contributed by atoms with Crippen LogP contribution in [0.15, 0.2) is 34.9 Å². The van der Waals surface area contributed by atoms with Gasteiger partial charge in [-0.3, -0.25) is 10.1 Å². The van der Waals surface area contributed by atoms with E-state index >= 15 is 0 Å². The first-order valence-electron chi connectivity index (χ1n) is 5.96. The Balaban J connectivity index is 2.39. The predicted molar refractivity (Wildman–Crippen MR) is 68.4 cm³/mol. The molecule has 1 aromatic carbocycles. The van der Waals surface area contributed by atoms with Crippen molar-refractivity contribution in [1.29, 1.82) is 0 Å². The van der Waals surface area contributed by atoms with E-state index in [0.29, 0.717) is 24.3 Å². The van der Waals surface area contributed by atoms with Gasteiger partial charge >= 0.3 is 0 Å². The van der Waals surface area contributed by atoms with E-state index in [1.165, 1.54) is 6.26 Å². The van der Waals surface area contributed by atoms with Crippen LogP contribution < -0.4 is 5.32 Å². The number of anilines is 1. The molecule has 0 aliphatic heterocycles. The summed E-state index contributed by atoms with van der Waals surface area (Å²) < 4.78 is 32.0. The molecule has 106 valence electrons. The van der Waals surface area contributed by atoms with E-state index in [9.17, 15) is 18.9 Å². The van der Waals surface area contributed by atoms with Gasteiger partial charge in [-0.25, -0.2) is 8.78 Å². The van der Waals surface area contributed by atoms with Gasteiger partial charge in [0.15, 0.2) is 11.5 Å². The molecule has 1 heterocycles. The lowest BCUT2D eigenvalue weighted by molar-refractivity contribution is -0.384. The van der Waals surface area contributed by atoms with Crippen molar-refractivity contribution in [2.45, 2.75) is 19.4 Å². The second-order valence-corrected chi connectivity index (χ2v) is 4.16. The van der Waals surface area contributed by atoms with E-state index in [1.54, 1.807) is 12.1 Å². The van der Waals surface area contributed by atoms with Crippen LogP contribution in [0.25, 0.3) is 0 Å². The van der Waals surface area contributed by atoms with Crippen LogP contribution in [0.5, 0.6) is 0 Å². The number of halogens is 2. The Morgan fingerprint density at radius 2 is 2.20 bits per heavy atom. The van der Waals surface area contributed by atoms with Crippen molar-refractivity contribution in [3.05, 3.63) is 58.0 Å². The summed E-state index contributed by atoms with van der Waals surface area (Å²) in [5.74, 6) is -1.49. The van der Waals surface area contributed by atoms with Crippen molar-refractivity contribution in [2.24, 2.45) is 0 Å². The number of nitrogens with one attached hydrogen (secondary N) is 1. The molecule has 0 fully saturated rings. The van der Waals surface area contributed by atoms with E-state index in [2.05, 4.69) is 5.32 Å². The maximum Gasteiger partial charge on any atom is 0.298 e. The summed E-state index contributed by atoms with van der Waals surface area (Å²) in [6.45, 7) is 1.81. The molecular formula is C13H12F2N2O3. The van der Waals surface area contributed by atoms with Gasteiger partial charge in [0.2, 0.25) is 0 Å². The highest BCUT2D eigenvalue weighted by atomic mass is 19.1. The standard InChI is InChI=1S/C13H12F2N2O3/c1-2-10(12-4-3-5-20-12)16-13-9(15)6-8(14)7-11(13)17(18)19/h3-7,10,16H,2H2,1H3. The minimum absolute atomic E-state index is 0.348. The maximum absolute atomic E-state index is 13.8. The Hall–Kier alpha value is -2.44. The van der Waals surface area contributed by atoms with Gasteiger partial charge in [-0.05, 0) is 18.6 Å². The number of nitro benzene ring substituents is 1. The van der Waals surface area contributed by atoms with Crippen LogP contribution in [0.3, 0.4) is 0 Å². The number of rotatable bonds is 5. The van der Waals surface area contributed by atoms with E-state index in [-0.39, 0.29) is 5.69 Å². The molecule has 7 heteroatoms. The molecule has 1 unspecified atom stereocenters. The van der Waals surface area contributed by atoms with Crippen molar-refractivity contribution in [1.82, 2.24) is 0 Å². The number of nitro groups is 1. The molecule has 1 atom stereocenters. The maximum atomic E-state index is 13.8. The average Bonchev–Trinajstić information content (AvgIpc) is 2.90. The van der Waals surface area contributed by atoms with Crippen LogP contribution in [-0.4, -0.2) is 4.92 Å². The summed E-state index contributed by atoms with van der Waals surface area (Å²) in [4.78, 5) is 10.1. The van der Waals surface area contributed by atoms with Crippen molar-refractivity contribution in [3.8, 4) is 0 Å². The van der Waals surface area contributed by atoms with Gasteiger partial charge in [0.1, 0.15) is 11.6 Å². The second-order valence-electron chi connectivity index (χ2n) is 4.16. The molecule has 1 N–H and O–H groups in total. The van der Waals surface area contributed by atoms with Gasteiger partial charge in [0.05, 0.1) is 23.3 Å². The lowest BCUT2D eigenvalue weighted by Crippen LogP contribution is -2.12. The summed E-state index contributed by atoms with van der Waals surface area (Å²) in [6.07, 6.45) is 1.97. The number of furan rings is 1. The van der Waals surface area contributed by atoms with Crippen LogP contribution in [0, 0.1) is 21.7 Å². The Labute approximate surface area is 113 Å². The van der Waals surface area contributed by atoms with E-state index in [1.807, 2.05) is 6.92 Å². The highest BCUT2D eigenvalue weighted by Crippen LogP contribution is 2.32. The van der Waals surface area contributed by atoms with Gasteiger partial charge in [0, 0.05) is 6.07 Å². The molecule has 0 aliphatic rings. The number of hydrogen-bond donors (Lipinski definition) is 1. The third kappa shape index (κ3) is 2.76. The second kappa shape index (κ2) is 5.68. The molecule has 2 aromatic rings. The summed E-state index contributed by atoms with van der Waals surface area (Å²) in [7, 11) is 0. The summed E-state index contributed by atoms with van der Waals surface area (Å²) in [6, 6.07) is 4.18. The zero-order valence-electron chi connectivity index (χ0n) is 10.6. The first-order chi connectivity index (χ1) is 9.52. The van der Waals surface area contributed by atoms with Crippen molar-refractivity contribution < 1.29 is 18.1 Å². The fourth-order valence-electron chi connectivity index (χ4n) is 1.89. The summed E-state index contributed by atoms with van der Waals surface area (Å²) >= 11 is 0. The van der Waals surface area contributed by atoms with Gasteiger partial charge < -0.3 is 9.73 Å². The Kier molecular flexibility index (Phi) is 3.97. The molecule has 0 aliphatic carbocycles. The molecule has 0 radical (unpaired) electrons. The number of nitrogens with zero attached hydrogens (tertiary/aromatic N) is 1. The molecule has 20 heavy (non-hydrogen) atoms. The lowest BCUT2D eigenvalue weighted by Gasteiger charge is -2.16. The Bertz CT molecular complexity index is 614. The zero-order chi connectivity index (χ0) is 14.7. The predicted octanol–water partition coefficient (Wildman–Crippen LogP) is 4.03. The van der Waals surface area contributed by atoms with Crippen LogP contribution in [0.1, 0.15) is 25.1 Å². The van der Waals surface area contributed by atoms with Gasteiger partial charge in [-0.15, -0.1) is 0 Å². The fraction of sp³-hybridized carbons (Fsp3) is 0.231. The molecule has 1 aromatic heterocycles. The molecule has 5 nitrogen and oxygen atoms in total. The zero-order valence-corrected chi connectivity index (χ0v) is 10.6. The molecule has 0 spiro atoms. The van der Waals surface area contributed by atoms with Gasteiger partial charge in [-0.1, -0.05) is 6.92 Å².